The fourth-order valence-electron chi connectivity index (χ4n) is 3.41. The van der Waals surface area contributed by atoms with E-state index < -0.39 is 31.0 Å². The van der Waals surface area contributed by atoms with Gasteiger partial charge in [-0.05, 0) is 22.3 Å². The number of alkyl halides is 2. The number of hydrogen-bond acceptors (Lipinski definition) is 3. The van der Waals surface area contributed by atoms with Gasteiger partial charge in [0, 0.05) is 13.0 Å². The molecule has 0 spiro atoms. The molecule has 2 aromatic carbocycles. The molecule has 7 heteroatoms. The van der Waals surface area contributed by atoms with Gasteiger partial charge in [0.1, 0.15) is 12.6 Å². The molecule has 0 saturated heterocycles. The maximum Gasteiger partial charge on any atom is 0.409 e. The van der Waals surface area contributed by atoms with Crippen LogP contribution in [0, 0.1) is 0 Å². The van der Waals surface area contributed by atoms with Crippen molar-refractivity contribution < 1.29 is 28.2 Å². The molecule has 1 aliphatic rings. The summed E-state index contributed by atoms with van der Waals surface area (Å²) in [4.78, 5) is 23.7. The van der Waals surface area contributed by atoms with Crippen molar-refractivity contribution in [3.63, 3.8) is 0 Å². The van der Waals surface area contributed by atoms with Crippen LogP contribution in [0.4, 0.5) is 13.6 Å². The van der Waals surface area contributed by atoms with Crippen molar-refractivity contribution in [2.24, 2.45) is 0 Å². The Kier molecular flexibility index (Phi) is 5.39. The maximum absolute atomic E-state index is 13.1. The Bertz CT molecular complexity index is 810. The first kappa shape index (κ1) is 18.8. The van der Waals surface area contributed by atoms with Crippen molar-refractivity contribution in [3.05, 3.63) is 59.7 Å². The van der Waals surface area contributed by atoms with Crippen molar-refractivity contribution >= 4 is 12.1 Å². The van der Waals surface area contributed by atoms with Gasteiger partial charge in [-0.15, -0.1) is 0 Å². The number of ether oxygens (including phenoxy) is 1. The third-order valence-corrected chi connectivity index (χ3v) is 4.80. The number of nitrogens with zero attached hydrogens (tertiary/aromatic N) is 1. The lowest BCUT2D eigenvalue weighted by molar-refractivity contribution is -0.139. The fourth-order valence-corrected chi connectivity index (χ4v) is 3.41. The van der Waals surface area contributed by atoms with Crippen molar-refractivity contribution in [3.8, 4) is 11.1 Å². The molecule has 1 aliphatic carbocycles. The number of fused-ring (bicyclic) bond motifs is 3. The molecule has 27 heavy (non-hydrogen) atoms. The van der Waals surface area contributed by atoms with Crippen LogP contribution in [-0.4, -0.2) is 48.2 Å². The highest BCUT2D eigenvalue weighted by Crippen LogP contribution is 2.44. The van der Waals surface area contributed by atoms with Gasteiger partial charge in [-0.2, -0.15) is 0 Å². The van der Waals surface area contributed by atoms with E-state index >= 15 is 0 Å². The van der Waals surface area contributed by atoms with Gasteiger partial charge in [-0.1, -0.05) is 48.5 Å². The number of carbonyl (C=O) groups excluding carboxylic acids is 1. The molecule has 3 rings (SSSR count). The second-order valence-electron chi connectivity index (χ2n) is 6.41. The number of rotatable bonds is 6. The third-order valence-electron chi connectivity index (χ3n) is 4.80. The molecule has 0 bridgehead atoms. The zero-order valence-corrected chi connectivity index (χ0v) is 14.6. The summed E-state index contributed by atoms with van der Waals surface area (Å²) >= 11 is 0. The SMILES string of the molecule is CN(C(=O)OCC1c2ccccc2-c2ccccc21)C(CC(=O)O)C(F)F. The lowest BCUT2D eigenvalue weighted by atomic mass is 9.98. The van der Waals surface area contributed by atoms with Gasteiger partial charge in [0.2, 0.25) is 0 Å². The third kappa shape index (κ3) is 3.77. The zero-order valence-electron chi connectivity index (χ0n) is 14.6. The van der Waals surface area contributed by atoms with E-state index in [9.17, 15) is 18.4 Å². The summed E-state index contributed by atoms with van der Waals surface area (Å²) in [5, 5.41) is 8.77. The maximum atomic E-state index is 13.1. The minimum Gasteiger partial charge on any atom is -0.481 e. The molecule has 0 heterocycles. The largest absolute Gasteiger partial charge is 0.481 e. The first-order valence-electron chi connectivity index (χ1n) is 8.48. The first-order chi connectivity index (χ1) is 12.9. The van der Waals surface area contributed by atoms with Crippen molar-refractivity contribution in [2.45, 2.75) is 24.8 Å². The van der Waals surface area contributed by atoms with Gasteiger partial charge in [0.25, 0.3) is 6.43 Å². The second kappa shape index (κ2) is 7.73. The quantitative estimate of drug-likeness (QED) is 0.830. The summed E-state index contributed by atoms with van der Waals surface area (Å²) in [5.41, 5.74) is 4.12. The molecule has 2 aromatic rings. The first-order valence-corrected chi connectivity index (χ1v) is 8.48. The second-order valence-corrected chi connectivity index (χ2v) is 6.41. The standard InChI is InChI=1S/C20H19F2NO4/c1-23(17(19(21)22)10-18(24)25)20(26)27-11-16-14-8-4-2-6-12(14)13-7-3-5-9-15(13)16/h2-9,16-17,19H,10-11H2,1H3,(H,24,25). The van der Waals surface area contributed by atoms with Gasteiger partial charge < -0.3 is 14.7 Å². The van der Waals surface area contributed by atoms with Gasteiger partial charge in [0.15, 0.2) is 0 Å². The Labute approximate surface area is 155 Å². The number of aliphatic carboxylic acids is 1. The number of amides is 1. The Balaban J connectivity index is 1.74. The smallest absolute Gasteiger partial charge is 0.409 e. The van der Waals surface area contributed by atoms with Crippen LogP contribution in [-0.2, 0) is 9.53 Å². The number of carboxylic acids is 1. The van der Waals surface area contributed by atoms with Crippen LogP contribution in [0.2, 0.25) is 0 Å². The van der Waals surface area contributed by atoms with E-state index in [4.69, 9.17) is 9.84 Å². The number of benzene rings is 2. The number of carbonyl (C=O) groups is 2. The van der Waals surface area contributed by atoms with E-state index in [0.717, 1.165) is 29.3 Å². The fraction of sp³-hybridized carbons (Fsp3) is 0.300. The minimum atomic E-state index is -2.98. The highest BCUT2D eigenvalue weighted by molar-refractivity contribution is 5.79. The van der Waals surface area contributed by atoms with Gasteiger partial charge in [0.05, 0.1) is 6.42 Å². The summed E-state index contributed by atoms with van der Waals surface area (Å²) in [6, 6.07) is 13.8. The zero-order chi connectivity index (χ0) is 19.6. The number of hydrogen-bond donors (Lipinski definition) is 1. The van der Waals surface area contributed by atoms with Crippen LogP contribution in [0.15, 0.2) is 48.5 Å². The van der Waals surface area contributed by atoms with E-state index in [1.807, 2.05) is 48.5 Å². The van der Waals surface area contributed by atoms with Crippen molar-refractivity contribution in [1.29, 1.82) is 0 Å². The summed E-state index contributed by atoms with van der Waals surface area (Å²) < 4.78 is 31.5. The molecule has 1 amide bonds. The van der Waals surface area contributed by atoms with Crippen LogP contribution in [0.3, 0.4) is 0 Å². The van der Waals surface area contributed by atoms with Gasteiger partial charge in [-0.25, -0.2) is 13.6 Å². The Morgan fingerprint density at radius 2 is 1.59 bits per heavy atom. The van der Waals surface area contributed by atoms with Crippen molar-refractivity contribution in [2.75, 3.05) is 13.7 Å². The highest BCUT2D eigenvalue weighted by atomic mass is 19.3. The number of carboxylic acid groups (broad SMARTS) is 1. The van der Waals surface area contributed by atoms with Crippen LogP contribution in [0.25, 0.3) is 11.1 Å². The molecule has 0 fully saturated rings. The molecule has 1 unspecified atom stereocenters. The monoisotopic (exact) mass is 375 g/mol. The molecule has 1 atom stereocenters. The average Bonchev–Trinajstić information content (AvgIpc) is 2.97. The summed E-state index contributed by atoms with van der Waals surface area (Å²) in [7, 11) is 1.12. The summed E-state index contributed by atoms with van der Waals surface area (Å²) in [6.45, 7) is -0.0137. The van der Waals surface area contributed by atoms with Crippen molar-refractivity contribution in [1.82, 2.24) is 4.90 Å². The lowest BCUT2D eigenvalue weighted by Gasteiger charge is -2.26. The molecule has 1 N–H and O–H groups in total. The molecule has 0 aromatic heterocycles. The highest BCUT2D eigenvalue weighted by Gasteiger charge is 2.33. The number of halogens is 2. The average molecular weight is 375 g/mol. The lowest BCUT2D eigenvalue weighted by Crippen LogP contribution is -2.43. The molecule has 0 aliphatic heterocycles. The van der Waals surface area contributed by atoms with E-state index in [1.165, 1.54) is 0 Å². The van der Waals surface area contributed by atoms with E-state index in [1.54, 1.807) is 0 Å². The topological polar surface area (TPSA) is 66.8 Å². The normalized spacial score (nSPS) is 13.8. The molecule has 0 saturated carbocycles. The summed E-state index contributed by atoms with van der Waals surface area (Å²) in [6.07, 6.45) is -4.80. The predicted molar refractivity (Wildman–Crippen MR) is 94.9 cm³/mol. The van der Waals surface area contributed by atoms with Crippen LogP contribution < -0.4 is 0 Å². The predicted octanol–water partition coefficient (Wildman–Crippen LogP) is 3.98. The Morgan fingerprint density at radius 1 is 1.07 bits per heavy atom. The van der Waals surface area contributed by atoms with Crippen LogP contribution >= 0.6 is 0 Å². The van der Waals surface area contributed by atoms with Crippen LogP contribution in [0.1, 0.15) is 23.5 Å². The van der Waals surface area contributed by atoms with Gasteiger partial charge in [-0.3, -0.25) is 4.79 Å². The molecule has 5 nitrogen and oxygen atoms in total. The Hall–Kier alpha value is -2.96. The summed E-state index contributed by atoms with van der Waals surface area (Å²) in [5.74, 6) is -1.60. The molecule has 0 radical (unpaired) electrons. The van der Waals surface area contributed by atoms with E-state index in [0.29, 0.717) is 4.90 Å². The molecule has 142 valence electrons. The van der Waals surface area contributed by atoms with Crippen LogP contribution in [0.5, 0.6) is 0 Å². The van der Waals surface area contributed by atoms with E-state index in [-0.39, 0.29) is 12.5 Å². The minimum absolute atomic E-state index is 0.0137. The molecular formula is C20H19F2NO4. The van der Waals surface area contributed by atoms with E-state index in [2.05, 4.69) is 0 Å². The molecular weight excluding hydrogens is 356 g/mol. The van der Waals surface area contributed by atoms with Gasteiger partial charge >= 0.3 is 12.1 Å². The Morgan fingerprint density at radius 3 is 2.07 bits per heavy atom.